The normalized spacial score (nSPS) is 17.4. The number of fused-ring (bicyclic) bond motifs is 2. The highest BCUT2D eigenvalue weighted by atomic mass is 32.2. The fourth-order valence-corrected chi connectivity index (χ4v) is 4.74. The van der Waals surface area contributed by atoms with Crippen molar-refractivity contribution in [3.8, 4) is 0 Å². The van der Waals surface area contributed by atoms with E-state index in [9.17, 15) is 8.42 Å². The Balaban J connectivity index is 2.25. The molecule has 2 aromatic carbocycles. The van der Waals surface area contributed by atoms with Crippen molar-refractivity contribution in [2.45, 2.75) is 24.0 Å². The van der Waals surface area contributed by atoms with Crippen molar-refractivity contribution in [2.24, 2.45) is 0 Å². The zero-order valence-corrected chi connectivity index (χ0v) is 15.2. The Morgan fingerprint density at radius 3 is 2.58 bits per heavy atom. The molecule has 0 fully saturated rings. The highest BCUT2D eigenvalue weighted by Gasteiger charge is 2.27. The van der Waals surface area contributed by atoms with Crippen molar-refractivity contribution in [1.82, 2.24) is 4.90 Å². The summed E-state index contributed by atoms with van der Waals surface area (Å²) < 4.78 is 25.7. The molecule has 4 heteroatoms. The lowest BCUT2D eigenvalue weighted by molar-refractivity contribution is 0.417. The first-order valence-electron chi connectivity index (χ1n) is 8.15. The molecule has 3 nitrogen and oxygen atoms in total. The Labute approximate surface area is 144 Å². The molecule has 1 aliphatic heterocycles. The SMILES string of the molecule is Cc1ccc2c(c1)/C(=C/CCN(C)C)c1ccccc1CS2(=O)=O. The standard InChI is InChI=1S/C20H23NO2S/c1-15-10-11-20-19(13-15)18(9-6-12-21(2)3)17-8-5-4-7-16(17)14-24(20,22)23/h4-5,7-11,13H,6,12,14H2,1-3H3/b18-9+. The molecule has 3 rings (SSSR count). The van der Waals surface area contributed by atoms with Crippen LogP contribution in [0.15, 0.2) is 53.4 Å². The fourth-order valence-electron chi connectivity index (χ4n) is 3.15. The van der Waals surface area contributed by atoms with E-state index >= 15 is 0 Å². The molecule has 0 N–H and O–H groups in total. The van der Waals surface area contributed by atoms with E-state index in [1.165, 1.54) is 0 Å². The number of benzene rings is 2. The number of aryl methyl sites for hydroxylation is 1. The molecule has 1 aliphatic rings. The molecule has 0 aliphatic carbocycles. The summed E-state index contributed by atoms with van der Waals surface area (Å²) in [6.07, 6.45) is 3.06. The average Bonchev–Trinajstić information content (AvgIpc) is 2.59. The topological polar surface area (TPSA) is 37.4 Å². The van der Waals surface area contributed by atoms with E-state index in [2.05, 4.69) is 11.0 Å². The van der Waals surface area contributed by atoms with Crippen LogP contribution in [0.1, 0.15) is 28.7 Å². The van der Waals surface area contributed by atoms with E-state index in [0.717, 1.165) is 40.8 Å². The summed E-state index contributed by atoms with van der Waals surface area (Å²) in [7, 11) is 0.753. The monoisotopic (exact) mass is 341 g/mol. The molecule has 0 radical (unpaired) electrons. The van der Waals surface area contributed by atoms with Gasteiger partial charge in [0.2, 0.25) is 0 Å². The van der Waals surface area contributed by atoms with Gasteiger partial charge in [0.1, 0.15) is 0 Å². The summed E-state index contributed by atoms with van der Waals surface area (Å²) in [6, 6.07) is 13.5. The predicted molar refractivity (Wildman–Crippen MR) is 98.8 cm³/mol. The summed E-state index contributed by atoms with van der Waals surface area (Å²) in [6.45, 7) is 2.93. The van der Waals surface area contributed by atoms with Gasteiger partial charge in [-0.25, -0.2) is 8.42 Å². The average molecular weight is 341 g/mol. The van der Waals surface area contributed by atoms with Crippen LogP contribution in [-0.4, -0.2) is 34.0 Å². The van der Waals surface area contributed by atoms with Crippen molar-refractivity contribution in [3.63, 3.8) is 0 Å². The lowest BCUT2D eigenvalue weighted by atomic mass is 9.93. The Morgan fingerprint density at radius 2 is 1.83 bits per heavy atom. The van der Waals surface area contributed by atoms with Crippen LogP contribution in [0.2, 0.25) is 0 Å². The molecule has 0 saturated carbocycles. The van der Waals surface area contributed by atoms with Crippen LogP contribution in [0, 0.1) is 6.92 Å². The quantitative estimate of drug-likeness (QED) is 0.855. The first kappa shape index (κ1) is 16.9. The van der Waals surface area contributed by atoms with Crippen molar-refractivity contribution < 1.29 is 8.42 Å². The Morgan fingerprint density at radius 1 is 1.08 bits per heavy atom. The number of hydrogen-bond acceptors (Lipinski definition) is 3. The Bertz CT molecular complexity index is 896. The summed E-state index contributed by atoms with van der Waals surface area (Å²) in [5, 5.41) is 0. The third-order valence-corrected chi connectivity index (χ3v) is 6.06. The minimum atomic E-state index is -3.33. The molecule has 126 valence electrons. The lowest BCUT2D eigenvalue weighted by Gasteiger charge is -2.13. The number of rotatable bonds is 3. The zero-order valence-electron chi connectivity index (χ0n) is 14.4. The van der Waals surface area contributed by atoms with Crippen molar-refractivity contribution >= 4 is 15.4 Å². The summed E-state index contributed by atoms with van der Waals surface area (Å²) >= 11 is 0. The Kier molecular flexibility index (Phi) is 4.61. The molecule has 0 aromatic heterocycles. The number of sulfone groups is 1. The van der Waals surface area contributed by atoms with Crippen molar-refractivity contribution in [2.75, 3.05) is 20.6 Å². The number of nitrogens with zero attached hydrogens (tertiary/aromatic N) is 1. The molecule has 0 atom stereocenters. The van der Waals surface area contributed by atoms with E-state index in [0.29, 0.717) is 4.90 Å². The lowest BCUT2D eigenvalue weighted by Crippen LogP contribution is -2.12. The van der Waals surface area contributed by atoms with Gasteiger partial charge in [0.05, 0.1) is 10.6 Å². The molecule has 0 spiro atoms. The third-order valence-electron chi connectivity index (χ3n) is 4.34. The van der Waals surface area contributed by atoms with Gasteiger partial charge in [-0.15, -0.1) is 0 Å². The van der Waals surface area contributed by atoms with Crippen LogP contribution in [0.3, 0.4) is 0 Å². The van der Waals surface area contributed by atoms with E-state index in [-0.39, 0.29) is 5.75 Å². The van der Waals surface area contributed by atoms with Gasteiger partial charge in [-0.3, -0.25) is 0 Å². The molecular weight excluding hydrogens is 318 g/mol. The van der Waals surface area contributed by atoms with Crippen molar-refractivity contribution in [1.29, 1.82) is 0 Å². The van der Waals surface area contributed by atoms with Gasteiger partial charge in [0.15, 0.2) is 9.84 Å². The van der Waals surface area contributed by atoms with Gasteiger partial charge in [0.25, 0.3) is 0 Å². The first-order valence-corrected chi connectivity index (χ1v) is 9.80. The van der Waals surface area contributed by atoms with Gasteiger partial charge in [-0.1, -0.05) is 48.0 Å². The summed E-state index contributed by atoms with van der Waals surface area (Å²) in [4.78, 5) is 2.58. The second kappa shape index (κ2) is 6.54. The first-order chi connectivity index (χ1) is 11.4. The molecular formula is C20H23NO2S. The van der Waals surface area contributed by atoms with Crippen molar-refractivity contribution in [3.05, 3.63) is 70.8 Å². The van der Waals surface area contributed by atoms with Crippen LogP contribution in [0.5, 0.6) is 0 Å². The third kappa shape index (κ3) is 3.30. The maximum absolute atomic E-state index is 12.9. The molecule has 2 aromatic rings. The summed E-state index contributed by atoms with van der Waals surface area (Å²) in [5.41, 5.74) is 4.85. The van der Waals surface area contributed by atoms with Gasteiger partial charge in [-0.05, 0) is 50.2 Å². The maximum Gasteiger partial charge on any atom is 0.183 e. The smallest absolute Gasteiger partial charge is 0.183 e. The molecule has 0 amide bonds. The predicted octanol–water partition coefficient (Wildman–Crippen LogP) is 3.67. The van der Waals surface area contributed by atoms with Gasteiger partial charge in [-0.2, -0.15) is 0 Å². The van der Waals surface area contributed by atoms with Crippen LogP contribution in [0.25, 0.3) is 5.57 Å². The van der Waals surface area contributed by atoms with Gasteiger partial charge < -0.3 is 4.90 Å². The van der Waals surface area contributed by atoms with Crippen LogP contribution in [-0.2, 0) is 15.6 Å². The van der Waals surface area contributed by atoms with Gasteiger partial charge >= 0.3 is 0 Å². The van der Waals surface area contributed by atoms with Gasteiger partial charge in [0, 0.05) is 12.1 Å². The van der Waals surface area contributed by atoms with Crippen LogP contribution >= 0.6 is 0 Å². The van der Waals surface area contributed by atoms with Crippen LogP contribution in [0.4, 0.5) is 0 Å². The number of hydrogen-bond donors (Lipinski definition) is 0. The Hall–Kier alpha value is -1.91. The molecule has 0 saturated heterocycles. The van der Waals surface area contributed by atoms with Crippen LogP contribution < -0.4 is 0 Å². The maximum atomic E-state index is 12.9. The molecule has 24 heavy (non-hydrogen) atoms. The summed E-state index contributed by atoms with van der Waals surface area (Å²) in [5.74, 6) is 0.0598. The highest BCUT2D eigenvalue weighted by molar-refractivity contribution is 7.90. The molecule has 1 heterocycles. The fraction of sp³-hybridized carbons (Fsp3) is 0.300. The minimum absolute atomic E-state index is 0.0598. The molecule has 0 unspecified atom stereocenters. The van der Waals surface area contributed by atoms with E-state index in [1.54, 1.807) is 6.07 Å². The van der Waals surface area contributed by atoms with E-state index in [1.807, 2.05) is 57.4 Å². The largest absolute Gasteiger partial charge is 0.309 e. The van der Waals surface area contributed by atoms with E-state index < -0.39 is 9.84 Å². The van der Waals surface area contributed by atoms with E-state index in [4.69, 9.17) is 0 Å². The second-order valence-electron chi connectivity index (χ2n) is 6.63. The molecule has 0 bridgehead atoms. The minimum Gasteiger partial charge on any atom is -0.309 e. The second-order valence-corrected chi connectivity index (χ2v) is 8.58. The zero-order chi connectivity index (χ0) is 17.3. The highest BCUT2D eigenvalue weighted by Crippen LogP contribution is 2.37.